The molecule has 0 atom stereocenters. The fourth-order valence-electron chi connectivity index (χ4n) is 1.11. The predicted octanol–water partition coefficient (Wildman–Crippen LogP) is 1.31. The molecule has 1 aromatic rings. The van der Waals surface area contributed by atoms with Crippen LogP contribution in [0.4, 0.5) is 0 Å². The summed E-state index contributed by atoms with van der Waals surface area (Å²) in [5.41, 5.74) is 3.41. The molecule has 0 saturated heterocycles. The summed E-state index contributed by atoms with van der Waals surface area (Å²) in [7, 11) is 1.63. The zero-order chi connectivity index (χ0) is 11.1. The summed E-state index contributed by atoms with van der Waals surface area (Å²) in [6.07, 6.45) is 0.754. The molecule has 0 spiro atoms. The van der Waals surface area contributed by atoms with E-state index in [4.69, 9.17) is 9.57 Å². The van der Waals surface area contributed by atoms with Gasteiger partial charge in [-0.15, -0.1) is 0 Å². The fourth-order valence-corrected chi connectivity index (χ4v) is 1.11. The van der Waals surface area contributed by atoms with Crippen molar-refractivity contribution in [1.82, 2.24) is 5.48 Å². The summed E-state index contributed by atoms with van der Waals surface area (Å²) >= 11 is 0. The standard InChI is InChI=1S/C11H15NO3/c1-9(13)12-15-8-7-10-3-5-11(14-2)6-4-10/h3-6H,7-8H2,1-2H3,(H,12,13). The lowest BCUT2D eigenvalue weighted by Crippen LogP contribution is -2.21. The third-order valence-corrected chi connectivity index (χ3v) is 1.87. The maximum atomic E-state index is 10.5. The highest BCUT2D eigenvalue weighted by Crippen LogP contribution is 2.11. The normalized spacial score (nSPS) is 9.73. The molecule has 15 heavy (non-hydrogen) atoms. The number of hydrogen-bond acceptors (Lipinski definition) is 3. The second kappa shape index (κ2) is 6.03. The van der Waals surface area contributed by atoms with E-state index in [9.17, 15) is 4.79 Å². The highest BCUT2D eigenvalue weighted by molar-refractivity contribution is 5.71. The van der Waals surface area contributed by atoms with E-state index >= 15 is 0 Å². The summed E-state index contributed by atoms with van der Waals surface area (Å²) in [5.74, 6) is 0.645. The van der Waals surface area contributed by atoms with Crippen molar-refractivity contribution in [1.29, 1.82) is 0 Å². The summed E-state index contributed by atoms with van der Waals surface area (Å²) in [6.45, 7) is 1.87. The number of nitrogens with one attached hydrogen (secondary N) is 1. The Morgan fingerprint density at radius 2 is 2.00 bits per heavy atom. The number of rotatable bonds is 5. The molecule has 0 aromatic heterocycles. The molecule has 1 aromatic carbocycles. The van der Waals surface area contributed by atoms with Gasteiger partial charge in [0.15, 0.2) is 0 Å². The van der Waals surface area contributed by atoms with Gasteiger partial charge in [0.25, 0.3) is 0 Å². The Balaban J connectivity index is 2.28. The Hall–Kier alpha value is -1.55. The second-order valence-corrected chi connectivity index (χ2v) is 3.10. The Morgan fingerprint density at radius 1 is 1.33 bits per heavy atom. The van der Waals surface area contributed by atoms with Crippen molar-refractivity contribution in [3.05, 3.63) is 29.8 Å². The highest BCUT2D eigenvalue weighted by Gasteiger charge is 1.95. The molecular weight excluding hydrogens is 194 g/mol. The molecule has 0 aliphatic carbocycles. The zero-order valence-electron chi connectivity index (χ0n) is 8.95. The average molecular weight is 209 g/mol. The predicted molar refractivity (Wildman–Crippen MR) is 56.5 cm³/mol. The average Bonchev–Trinajstić information content (AvgIpc) is 2.25. The van der Waals surface area contributed by atoms with E-state index in [1.807, 2.05) is 24.3 Å². The molecule has 4 heteroatoms. The number of carbonyl (C=O) groups is 1. The minimum absolute atomic E-state index is 0.190. The van der Waals surface area contributed by atoms with Gasteiger partial charge in [0, 0.05) is 6.92 Å². The van der Waals surface area contributed by atoms with Gasteiger partial charge in [-0.1, -0.05) is 12.1 Å². The van der Waals surface area contributed by atoms with E-state index in [0.29, 0.717) is 6.61 Å². The molecule has 0 aliphatic rings. The molecule has 0 saturated carbocycles. The smallest absolute Gasteiger partial charge is 0.240 e. The Labute approximate surface area is 89.1 Å². The van der Waals surface area contributed by atoms with Crippen molar-refractivity contribution in [3.8, 4) is 5.75 Å². The van der Waals surface area contributed by atoms with Gasteiger partial charge in [-0.3, -0.25) is 9.63 Å². The monoisotopic (exact) mass is 209 g/mol. The fraction of sp³-hybridized carbons (Fsp3) is 0.364. The molecule has 0 bridgehead atoms. The lowest BCUT2D eigenvalue weighted by Gasteiger charge is -2.04. The summed E-state index contributed by atoms with van der Waals surface area (Å²) in [5, 5.41) is 0. The van der Waals surface area contributed by atoms with Gasteiger partial charge in [0.2, 0.25) is 5.91 Å². The first kappa shape index (κ1) is 11.5. The van der Waals surface area contributed by atoms with E-state index in [2.05, 4.69) is 5.48 Å². The van der Waals surface area contributed by atoms with Crippen molar-refractivity contribution in [3.63, 3.8) is 0 Å². The van der Waals surface area contributed by atoms with Gasteiger partial charge in [0.05, 0.1) is 13.7 Å². The van der Waals surface area contributed by atoms with Crippen LogP contribution in [0.3, 0.4) is 0 Å². The van der Waals surface area contributed by atoms with Crippen LogP contribution in [0.1, 0.15) is 12.5 Å². The van der Waals surface area contributed by atoms with Crippen LogP contribution in [0.25, 0.3) is 0 Å². The van der Waals surface area contributed by atoms with Gasteiger partial charge in [0.1, 0.15) is 5.75 Å². The van der Waals surface area contributed by atoms with E-state index in [1.165, 1.54) is 6.92 Å². The molecular formula is C11H15NO3. The van der Waals surface area contributed by atoms with Crippen molar-refractivity contribution < 1.29 is 14.4 Å². The van der Waals surface area contributed by atoms with Gasteiger partial charge < -0.3 is 4.74 Å². The second-order valence-electron chi connectivity index (χ2n) is 3.10. The highest BCUT2D eigenvalue weighted by atomic mass is 16.6. The topological polar surface area (TPSA) is 47.6 Å². The number of carbonyl (C=O) groups excluding carboxylic acids is 1. The largest absolute Gasteiger partial charge is 0.497 e. The quantitative estimate of drug-likeness (QED) is 0.587. The maximum Gasteiger partial charge on any atom is 0.240 e. The van der Waals surface area contributed by atoms with E-state index < -0.39 is 0 Å². The van der Waals surface area contributed by atoms with Crippen LogP contribution in [0.5, 0.6) is 5.75 Å². The number of hydrogen-bond donors (Lipinski definition) is 1. The maximum absolute atomic E-state index is 10.5. The molecule has 0 heterocycles. The first-order valence-corrected chi connectivity index (χ1v) is 4.73. The van der Waals surface area contributed by atoms with Crippen molar-refractivity contribution >= 4 is 5.91 Å². The molecule has 0 radical (unpaired) electrons. The SMILES string of the molecule is COc1ccc(CCONC(C)=O)cc1. The van der Waals surface area contributed by atoms with Crippen LogP contribution in [0.2, 0.25) is 0 Å². The first-order valence-electron chi connectivity index (χ1n) is 4.73. The van der Waals surface area contributed by atoms with E-state index in [1.54, 1.807) is 7.11 Å². The van der Waals surface area contributed by atoms with Gasteiger partial charge >= 0.3 is 0 Å². The Bertz CT molecular complexity index is 308. The van der Waals surface area contributed by atoms with E-state index in [-0.39, 0.29) is 5.91 Å². The van der Waals surface area contributed by atoms with Gasteiger partial charge in [-0.2, -0.15) is 0 Å². The summed E-state index contributed by atoms with van der Waals surface area (Å²) in [4.78, 5) is 15.4. The third-order valence-electron chi connectivity index (χ3n) is 1.87. The molecule has 4 nitrogen and oxygen atoms in total. The molecule has 1 N–H and O–H groups in total. The van der Waals surface area contributed by atoms with Gasteiger partial charge in [-0.25, -0.2) is 5.48 Å². The van der Waals surface area contributed by atoms with Crippen molar-refractivity contribution in [2.75, 3.05) is 13.7 Å². The van der Waals surface area contributed by atoms with Crippen LogP contribution in [0, 0.1) is 0 Å². The number of hydroxylamine groups is 1. The molecule has 0 aliphatic heterocycles. The number of methoxy groups -OCH3 is 1. The molecule has 0 unspecified atom stereocenters. The zero-order valence-corrected chi connectivity index (χ0v) is 8.95. The minimum atomic E-state index is -0.190. The summed E-state index contributed by atoms with van der Waals surface area (Å²) < 4.78 is 5.04. The van der Waals surface area contributed by atoms with Crippen LogP contribution in [-0.4, -0.2) is 19.6 Å². The Morgan fingerprint density at radius 3 is 2.53 bits per heavy atom. The van der Waals surface area contributed by atoms with Crippen LogP contribution < -0.4 is 10.2 Å². The molecule has 0 fully saturated rings. The number of ether oxygens (including phenoxy) is 1. The van der Waals surface area contributed by atoms with E-state index in [0.717, 1.165) is 17.7 Å². The lowest BCUT2D eigenvalue weighted by molar-refractivity contribution is -0.131. The van der Waals surface area contributed by atoms with Crippen molar-refractivity contribution in [2.45, 2.75) is 13.3 Å². The number of amides is 1. The number of benzene rings is 1. The molecule has 82 valence electrons. The minimum Gasteiger partial charge on any atom is -0.497 e. The van der Waals surface area contributed by atoms with Crippen LogP contribution in [0.15, 0.2) is 24.3 Å². The molecule has 1 rings (SSSR count). The summed E-state index contributed by atoms with van der Waals surface area (Å²) in [6, 6.07) is 7.73. The van der Waals surface area contributed by atoms with Crippen LogP contribution >= 0.6 is 0 Å². The van der Waals surface area contributed by atoms with Gasteiger partial charge in [-0.05, 0) is 24.1 Å². The lowest BCUT2D eigenvalue weighted by atomic mass is 10.1. The first-order chi connectivity index (χ1) is 7.22. The van der Waals surface area contributed by atoms with Crippen LogP contribution in [-0.2, 0) is 16.1 Å². The Kier molecular flexibility index (Phi) is 4.63. The third kappa shape index (κ3) is 4.46. The van der Waals surface area contributed by atoms with Crippen molar-refractivity contribution in [2.24, 2.45) is 0 Å². The molecule has 1 amide bonds.